The highest BCUT2D eigenvalue weighted by atomic mass is 16.5. The fourth-order valence-corrected chi connectivity index (χ4v) is 1.45. The fraction of sp³-hybridized carbons (Fsp3) is 0.833. The summed E-state index contributed by atoms with van der Waals surface area (Å²) in [4.78, 5) is 22.5. The van der Waals surface area contributed by atoms with Gasteiger partial charge in [0.15, 0.2) is 0 Å². The normalized spacial score (nSPS) is 13.7. The van der Waals surface area contributed by atoms with Crippen LogP contribution < -0.4 is 10.6 Å². The third kappa shape index (κ3) is 7.11. The Morgan fingerprint density at radius 2 is 2.00 bits per heavy atom. The molecule has 0 rings (SSSR count). The minimum absolute atomic E-state index is 0.0956. The number of nitrogens with one attached hydrogen (secondary N) is 2. The van der Waals surface area contributed by atoms with Crippen LogP contribution in [-0.4, -0.2) is 43.4 Å². The number of carboxylic acids is 1. The molecular formula is C12H24N2O4. The van der Waals surface area contributed by atoms with Crippen LogP contribution in [0, 0.1) is 5.92 Å². The Morgan fingerprint density at radius 3 is 2.50 bits per heavy atom. The van der Waals surface area contributed by atoms with E-state index in [4.69, 9.17) is 9.84 Å². The number of carbonyl (C=O) groups is 2. The molecule has 2 amide bonds. The van der Waals surface area contributed by atoms with Crippen molar-refractivity contribution < 1.29 is 19.4 Å². The standard InChI is InChI=1S/C12H24N2O4/c1-4-9(2)10(11(15)16)14-12(17)13-7-5-6-8-18-3/h9-10H,4-8H2,1-3H3,(H,15,16)(H2,13,14,17)/t9?,10-/m0/s1. The van der Waals surface area contributed by atoms with Crippen LogP contribution in [0.2, 0.25) is 0 Å². The molecule has 106 valence electrons. The van der Waals surface area contributed by atoms with Gasteiger partial charge < -0.3 is 20.5 Å². The lowest BCUT2D eigenvalue weighted by atomic mass is 9.99. The number of aliphatic carboxylic acids is 1. The van der Waals surface area contributed by atoms with E-state index in [1.807, 2.05) is 6.92 Å². The number of rotatable bonds is 9. The zero-order valence-corrected chi connectivity index (χ0v) is 11.4. The fourth-order valence-electron chi connectivity index (χ4n) is 1.45. The smallest absolute Gasteiger partial charge is 0.326 e. The molecule has 0 aromatic heterocycles. The molecule has 0 saturated heterocycles. The number of methoxy groups -OCH3 is 1. The van der Waals surface area contributed by atoms with Gasteiger partial charge in [0, 0.05) is 20.3 Å². The van der Waals surface area contributed by atoms with E-state index in [-0.39, 0.29) is 5.92 Å². The number of hydrogen-bond donors (Lipinski definition) is 3. The minimum Gasteiger partial charge on any atom is -0.480 e. The highest BCUT2D eigenvalue weighted by molar-refractivity contribution is 5.82. The van der Waals surface area contributed by atoms with Crippen molar-refractivity contribution in [3.8, 4) is 0 Å². The lowest BCUT2D eigenvalue weighted by Crippen LogP contribution is -2.49. The van der Waals surface area contributed by atoms with Gasteiger partial charge in [0.1, 0.15) is 6.04 Å². The molecule has 0 aliphatic heterocycles. The van der Waals surface area contributed by atoms with Gasteiger partial charge in [0.2, 0.25) is 0 Å². The molecule has 18 heavy (non-hydrogen) atoms. The van der Waals surface area contributed by atoms with Crippen molar-refractivity contribution in [3.63, 3.8) is 0 Å². The molecule has 0 spiro atoms. The van der Waals surface area contributed by atoms with Crippen molar-refractivity contribution in [2.75, 3.05) is 20.3 Å². The van der Waals surface area contributed by atoms with E-state index in [1.165, 1.54) is 0 Å². The van der Waals surface area contributed by atoms with E-state index in [2.05, 4.69) is 10.6 Å². The molecule has 0 aromatic carbocycles. The summed E-state index contributed by atoms with van der Waals surface area (Å²) in [7, 11) is 1.63. The predicted octanol–water partition coefficient (Wildman–Crippen LogP) is 1.21. The van der Waals surface area contributed by atoms with Gasteiger partial charge in [-0.25, -0.2) is 9.59 Å². The number of carbonyl (C=O) groups excluding carboxylic acids is 1. The lowest BCUT2D eigenvalue weighted by Gasteiger charge is -2.20. The maximum Gasteiger partial charge on any atom is 0.326 e. The van der Waals surface area contributed by atoms with Gasteiger partial charge >= 0.3 is 12.0 Å². The van der Waals surface area contributed by atoms with Crippen molar-refractivity contribution in [2.45, 2.75) is 39.2 Å². The SMILES string of the molecule is CCC(C)[C@H](NC(=O)NCCCCOC)C(=O)O. The van der Waals surface area contributed by atoms with Gasteiger partial charge in [-0.2, -0.15) is 0 Å². The maximum atomic E-state index is 11.5. The van der Waals surface area contributed by atoms with Crippen LogP contribution in [0.4, 0.5) is 4.79 Å². The Balaban J connectivity index is 3.92. The average Bonchev–Trinajstić information content (AvgIpc) is 2.34. The number of urea groups is 1. The molecule has 1 unspecified atom stereocenters. The van der Waals surface area contributed by atoms with Gasteiger partial charge in [0.05, 0.1) is 0 Å². The average molecular weight is 260 g/mol. The Labute approximate surface area is 108 Å². The van der Waals surface area contributed by atoms with Crippen LogP contribution in [0.5, 0.6) is 0 Å². The van der Waals surface area contributed by atoms with Crippen LogP contribution in [0.1, 0.15) is 33.1 Å². The second kappa shape index (κ2) is 9.70. The number of ether oxygens (including phenoxy) is 1. The quantitative estimate of drug-likeness (QED) is 0.544. The lowest BCUT2D eigenvalue weighted by molar-refractivity contribution is -0.140. The van der Waals surface area contributed by atoms with E-state index in [9.17, 15) is 9.59 Å². The molecule has 2 atom stereocenters. The predicted molar refractivity (Wildman–Crippen MR) is 68.5 cm³/mol. The van der Waals surface area contributed by atoms with E-state index in [0.29, 0.717) is 19.6 Å². The largest absolute Gasteiger partial charge is 0.480 e. The Kier molecular flexibility index (Phi) is 9.00. The van der Waals surface area contributed by atoms with Gasteiger partial charge in [0.25, 0.3) is 0 Å². The number of hydrogen-bond acceptors (Lipinski definition) is 3. The molecule has 3 N–H and O–H groups in total. The van der Waals surface area contributed by atoms with E-state index in [1.54, 1.807) is 14.0 Å². The van der Waals surface area contributed by atoms with E-state index >= 15 is 0 Å². The second-order valence-corrected chi connectivity index (χ2v) is 4.30. The number of carboxylic acid groups (broad SMARTS) is 1. The summed E-state index contributed by atoms with van der Waals surface area (Å²) in [5.41, 5.74) is 0. The summed E-state index contributed by atoms with van der Waals surface area (Å²) in [6.07, 6.45) is 2.37. The van der Waals surface area contributed by atoms with Crippen molar-refractivity contribution in [1.29, 1.82) is 0 Å². The first-order valence-corrected chi connectivity index (χ1v) is 6.29. The summed E-state index contributed by atoms with van der Waals surface area (Å²) in [6, 6.07) is -1.27. The summed E-state index contributed by atoms with van der Waals surface area (Å²) >= 11 is 0. The van der Waals surface area contributed by atoms with Crippen molar-refractivity contribution in [3.05, 3.63) is 0 Å². The van der Waals surface area contributed by atoms with E-state index in [0.717, 1.165) is 12.8 Å². The second-order valence-electron chi connectivity index (χ2n) is 4.30. The van der Waals surface area contributed by atoms with Crippen LogP contribution in [0.15, 0.2) is 0 Å². The van der Waals surface area contributed by atoms with Crippen LogP contribution in [0.3, 0.4) is 0 Å². The number of unbranched alkanes of at least 4 members (excludes halogenated alkanes) is 1. The highest BCUT2D eigenvalue weighted by Gasteiger charge is 2.24. The van der Waals surface area contributed by atoms with Crippen LogP contribution in [-0.2, 0) is 9.53 Å². The van der Waals surface area contributed by atoms with Gasteiger partial charge in [-0.3, -0.25) is 0 Å². The number of amides is 2. The third-order valence-corrected chi connectivity index (χ3v) is 2.83. The first kappa shape index (κ1) is 16.7. The Hall–Kier alpha value is -1.30. The molecule has 6 heteroatoms. The summed E-state index contributed by atoms with van der Waals surface area (Å²) in [6.45, 7) is 4.87. The molecule has 0 aromatic rings. The molecular weight excluding hydrogens is 236 g/mol. The molecule has 0 radical (unpaired) electrons. The van der Waals surface area contributed by atoms with Crippen molar-refractivity contribution in [2.24, 2.45) is 5.92 Å². The molecule has 0 saturated carbocycles. The van der Waals surface area contributed by atoms with Crippen LogP contribution in [0.25, 0.3) is 0 Å². The first-order chi connectivity index (χ1) is 8.52. The molecule has 0 fully saturated rings. The monoisotopic (exact) mass is 260 g/mol. The summed E-state index contributed by atoms with van der Waals surface area (Å²) < 4.78 is 4.88. The first-order valence-electron chi connectivity index (χ1n) is 6.29. The van der Waals surface area contributed by atoms with Crippen molar-refractivity contribution in [1.82, 2.24) is 10.6 Å². The Bertz CT molecular complexity index is 258. The zero-order chi connectivity index (χ0) is 14.0. The van der Waals surface area contributed by atoms with E-state index < -0.39 is 18.0 Å². The summed E-state index contributed by atoms with van der Waals surface area (Å²) in [5.74, 6) is -1.10. The molecule has 0 bridgehead atoms. The van der Waals surface area contributed by atoms with Gasteiger partial charge in [-0.15, -0.1) is 0 Å². The topological polar surface area (TPSA) is 87.7 Å². The molecule has 6 nitrogen and oxygen atoms in total. The van der Waals surface area contributed by atoms with Gasteiger partial charge in [-0.1, -0.05) is 20.3 Å². The molecule has 0 heterocycles. The Morgan fingerprint density at radius 1 is 1.33 bits per heavy atom. The van der Waals surface area contributed by atoms with Crippen LogP contribution >= 0.6 is 0 Å². The zero-order valence-electron chi connectivity index (χ0n) is 11.4. The maximum absolute atomic E-state index is 11.5. The van der Waals surface area contributed by atoms with Crippen molar-refractivity contribution >= 4 is 12.0 Å². The minimum atomic E-state index is -1.00. The third-order valence-electron chi connectivity index (χ3n) is 2.83. The van der Waals surface area contributed by atoms with Gasteiger partial charge in [-0.05, 0) is 18.8 Å². The summed E-state index contributed by atoms with van der Waals surface area (Å²) in [5, 5.41) is 14.1. The molecule has 0 aliphatic carbocycles. The highest BCUT2D eigenvalue weighted by Crippen LogP contribution is 2.07. The molecule has 0 aliphatic rings.